The average molecular weight is 319 g/mol. The molecule has 23 heavy (non-hydrogen) atoms. The van der Waals surface area contributed by atoms with E-state index in [4.69, 9.17) is 14.2 Å². The van der Waals surface area contributed by atoms with Gasteiger partial charge >= 0.3 is 0 Å². The van der Waals surface area contributed by atoms with Crippen LogP contribution in [0.3, 0.4) is 0 Å². The summed E-state index contributed by atoms with van der Waals surface area (Å²) >= 11 is 0. The highest BCUT2D eigenvalue weighted by Gasteiger charge is 2.15. The summed E-state index contributed by atoms with van der Waals surface area (Å²) in [5, 5.41) is 2.86. The Balaban J connectivity index is 1.96. The quantitative estimate of drug-likeness (QED) is 0.638. The third-order valence-corrected chi connectivity index (χ3v) is 3.62. The van der Waals surface area contributed by atoms with Crippen molar-refractivity contribution in [2.24, 2.45) is 0 Å². The molecular formula is C17H21NO5. The van der Waals surface area contributed by atoms with Crippen molar-refractivity contribution in [3.05, 3.63) is 35.9 Å². The van der Waals surface area contributed by atoms with Crippen LogP contribution < -0.4 is 14.8 Å². The molecule has 6 nitrogen and oxygen atoms in total. The molecular weight excluding hydrogens is 298 g/mol. The van der Waals surface area contributed by atoms with E-state index in [-0.39, 0.29) is 17.7 Å². The zero-order valence-corrected chi connectivity index (χ0v) is 13.3. The molecule has 0 saturated carbocycles. The van der Waals surface area contributed by atoms with Crippen molar-refractivity contribution in [1.29, 1.82) is 0 Å². The van der Waals surface area contributed by atoms with Crippen LogP contribution in [0.4, 0.5) is 0 Å². The number of carbonyl (C=O) groups excluding carboxylic acids is 2. The van der Waals surface area contributed by atoms with E-state index in [1.54, 1.807) is 18.2 Å². The van der Waals surface area contributed by atoms with E-state index >= 15 is 0 Å². The minimum Gasteiger partial charge on any atom is -0.493 e. The highest BCUT2D eigenvalue weighted by Crippen LogP contribution is 2.27. The van der Waals surface area contributed by atoms with Gasteiger partial charge in [-0.1, -0.05) is 0 Å². The Morgan fingerprint density at radius 3 is 2.48 bits per heavy atom. The smallest absolute Gasteiger partial charge is 0.244 e. The van der Waals surface area contributed by atoms with E-state index in [1.807, 2.05) is 0 Å². The maximum absolute atomic E-state index is 12.1. The number of ketones is 1. The van der Waals surface area contributed by atoms with E-state index in [1.165, 1.54) is 26.4 Å². The third kappa shape index (κ3) is 4.82. The van der Waals surface area contributed by atoms with Crippen LogP contribution in [0.1, 0.15) is 23.2 Å². The number of rotatable bonds is 6. The molecule has 1 aliphatic heterocycles. The number of hydrogen-bond donors (Lipinski definition) is 1. The second kappa shape index (κ2) is 8.33. The second-order valence-corrected chi connectivity index (χ2v) is 5.16. The van der Waals surface area contributed by atoms with Gasteiger partial charge < -0.3 is 19.5 Å². The molecule has 0 spiro atoms. The number of carbonyl (C=O) groups is 2. The molecule has 1 aliphatic rings. The van der Waals surface area contributed by atoms with Gasteiger partial charge in [0, 0.05) is 30.9 Å². The van der Waals surface area contributed by atoms with Gasteiger partial charge in [-0.2, -0.15) is 0 Å². The average Bonchev–Trinajstić information content (AvgIpc) is 2.59. The zero-order chi connectivity index (χ0) is 16.7. The summed E-state index contributed by atoms with van der Waals surface area (Å²) in [4.78, 5) is 24.0. The fraction of sp³-hybridized carbons (Fsp3) is 0.412. The van der Waals surface area contributed by atoms with Crippen LogP contribution in [0.15, 0.2) is 30.4 Å². The maximum atomic E-state index is 12.1. The fourth-order valence-corrected chi connectivity index (χ4v) is 2.33. The first-order valence-electron chi connectivity index (χ1n) is 7.46. The maximum Gasteiger partial charge on any atom is 0.244 e. The van der Waals surface area contributed by atoms with Crippen LogP contribution in [0.25, 0.3) is 0 Å². The molecule has 6 heteroatoms. The number of amides is 1. The van der Waals surface area contributed by atoms with Crippen LogP contribution in [-0.4, -0.2) is 45.2 Å². The molecule has 0 aromatic heterocycles. The van der Waals surface area contributed by atoms with Crippen molar-refractivity contribution in [3.63, 3.8) is 0 Å². The van der Waals surface area contributed by atoms with Gasteiger partial charge in [0.15, 0.2) is 17.3 Å². The summed E-state index contributed by atoms with van der Waals surface area (Å²) in [6, 6.07) is 4.98. The number of allylic oxidation sites excluding steroid dienone is 1. The summed E-state index contributed by atoms with van der Waals surface area (Å²) in [6.45, 7) is 1.30. The van der Waals surface area contributed by atoms with E-state index in [0.717, 1.165) is 12.8 Å². The normalized spacial score (nSPS) is 15.4. The monoisotopic (exact) mass is 319 g/mol. The largest absolute Gasteiger partial charge is 0.493 e. The van der Waals surface area contributed by atoms with Gasteiger partial charge in [-0.25, -0.2) is 0 Å². The van der Waals surface area contributed by atoms with Crippen LogP contribution in [0, 0.1) is 0 Å². The summed E-state index contributed by atoms with van der Waals surface area (Å²) in [5.74, 6) is 0.475. The predicted octanol–water partition coefficient (Wildman–Crippen LogP) is 1.74. The lowest BCUT2D eigenvalue weighted by Crippen LogP contribution is -2.38. The zero-order valence-electron chi connectivity index (χ0n) is 13.3. The van der Waals surface area contributed by atoms with Gasteiger partial charge in [-0.15, -0.1) is 0 Å². The Bertz CT molecular complexity index is 591. The molecule has 1 fully saturated rings. The molecule has 1 heterocycles. The lowest BCUT2D eigenvalue weighted by molar-refractivity contribution is -0.117. The van der Waals surface area contributed by atoms with Gasteiger partial charge in [0.05, 0.1) is 14.2 Å². The topological polar surface area (TPSA) is 73.9 Å². The van der Waals surface area contributed by atoms with Gasteiger partial charge in [0.2, 0.25) is 5.91 Å². The number of nitrogens with one attached hydrogen (secondary N) is 1. The lowest BCUT2D eigenvalue weighted by atomic mass is 10.1. The van der Waals surface area contributed by atoms with Gasteiger partial charge in [0.1, 0.15) is 0 Å². The Kier molecular flexibility index (Phi) is 6.17. The predicted molar refractivity (Wildman–Crippen MR) is 85.0 cm³/mol. The fourth-order valence-electron chi connectivity index (χ4n) is 2.33. The number of methoxy groups -OCH3 is 2. The molecule has 0 bridgehead atoms. The minimum absolute atomic E-state index is 0.108. The highest BCUT2D eigenvalue weighted by molar-refractivity contribution is 6.07. The van der Waals surface area contributed by atoms with E-state index < -0.39 is 0 Å². The second-order valence-electron chi connectivity index (χ2n) is 5.16. The number of hydrogen-bond acceptors (Lipinski definition) is 5. The molecule has 1 amide bonds. The molecule has 0 radical (unpaired) electrons. The Morgan fingerprint density at radius 2 is 1.83 bits per heavy atom. The summed E-state index contributed by atoms with van der Waals surface area (Å²) in [5.41, 5.74) is 0.428. The molecule has 124 valence electrons. The van der Waals surface area contributed by atoms with Gasteiger partial charge in [0.25, 0.3) is 0 Å². The SMILES string of the molecule is COc1ccc(C(=O)/C=C/C(=O)NC2CCOCC2)cc1OC. The van der Waals surface area contributed by atoms with E-state index in [9.17, 15) is 9.59 Å². The Hall–Kier alpha value is -2.34. The first kappa shape index (κ1) is 17.0. The van der Waals surface area contributed by atoms with E-state index in [2.05, 4.69) is 5.32 Å². The van der Waals surface area contributed by atoms with Crippen molar-refractivity contribution < 1.29 is 23.8 Å². The van der Waals surface area contributed by atoms with Crippen molar-refractivity contribution in [1.82, 2.24) is 5.32 Å². The molecule has 0 atom stereocenters. The molecule has 1 aromatic rings. The minimum atomic E-state index is -0.272. The van der Waals surface area contributed by atoms with Gasteiger partial charge in [-0.05, 0) is 37.1 Å². The number of benzene rings is 1. The molecule has 1 N–H and O–H groups in total. The summed E-state index contributed by atoms with van der Waals surface area (Å²) < 4.78 is 15.5. The third-order valence-electron chi connectivity index (χ3n) is 3.62. The van der Waals surface area contributed by atoms with Crippen molar-refractivity contribution in [2.75, 3.05) is 27.4 Å². The van der Waals surface area contributed by atoms with Crippen molar-refractivity contribution in [3.8, 4) is 11.5 Å². The summed E-state index contributed by atoms with van der Waals surface area (Å²) in [7, 11) is 3.03. The molecule has 1 saturated heterocycles. The molecule has 0 aliphatic carbocycles. The number of ether oxygens (including phenoxy) is 3. The first-order valence-corrected chi connectivity index (χ1v) is 7.46. The van der Waals surface area contributed by atoms with Crippen LogP contribution in [0.5, 0.6) is 11.5 Å². The van der Waals surface area contributed by atoms with Crippen LogP contribution in [0.2, 0.25) is 0 Å². The standard InChI is InChI=1S/C17H21NO5/c1-21-15-5-3-12(11-16(15)22-2)14(19)4-6-17(20)18-13-7-9-23-10-8-13/h3-6,11,13H,7-10H2,1-2H3,(H,18,20)/b6-4+. The van der Waals surface area contributed by atoms with E-state index in [0.29, 0.717) is 30.3 Å². The molecule has 0 unspecified atom stereocenters. The molecule has 2 rings (SSSR count). The Labute approximate surface area is 135 Å². The van der Waals surface area contributed by atoms with Gasteiger partial charge in [-0.3, -0.25) is 9.59 Å². The highest BCUT2D eigenvalue weighted by atomic mass is 16.5. The van der Waals surface area contributed by atoms with Crippen molar-refractivity contribution in [2.45, 2.75) is 18.9 Å². The molecule has 1 aromatic carbocycles. The van der Waals surface area contributed by atoms with Crippen LogP contribution >= 0.6 is 0 Å². The summed E-state index contributed by atoms with van der Waals surface area (Å²) in [6.07, 6.45) is 4.11. The van der Waals surface area contributed by atoms with Crippen LogP contribution in [-0.2, 0) is 9.53 Å². The lowest BCUT2D eigenvalue weighted by Gasteiger charge is -2.22. The first-order chi connectivity index (χ1) is 11.1. The van der Waals surface area contributed by atoms with Crippen molar-refractivity contribution >= 4 is 11.7 Å². The Morgan fingerprint density at radius 1 is 1.13 bits per heavy atom.